The fraction of sp³-hybridized carbons (Fsp3) is 0.0492. The number of fused-ring (bicyclic) bond motifs is 6. The van der Waals surface area contributed by atoms with E-state index in [1.165, 1.54) is 77.5 Å². The van der Waals surface area contributed by atoms with Crippen LogP contribution < -0.4 is 4.90 Å². The zero-order chi connectivity index (χ0) is 41.7. The van der Waals surface area contributed by atoms with Crippen molar-refractivity contribution >= 4 is 38.8 Å². The van der Waals surface area contributed by atoms with Gasteiger partial charge in [0.1, 0.15) is 0 Å². The fourth-order valence-corrected chi connectivity index (χ4v) is 10.6. The van der Waals surface area contributed by atoms with E-state index in [0.717, 1.165) is 23.5 Å². The van der Waals surface area contributed by atoms with Gasteiger partial charge in [0, 0.05) is 27.8 Å². The Kier molecular flexibility index (Phi) is 8.90. The summed E-state index contributed by atoms with van der Waals surface area (Å²) in [5, 5.41) is 2.46. The first kappa shape index (κ1) is 36.9. The van der Waals surface area contributed by atoms with E-state index in [1.807, 2.05) is 0 Å². The molecule has 0 bridgehead atoms. The summed E-state index contributed by atoms with van der Waals surface area (Å²) in [6.07, 6.45) is 7.98. The molecule has 12 rings (SSSR count). The van der Waals surface area contributed by atoms with Crippen LogP contribution >= 0.6 is 0 Å². The summed E-state index contributed by atoms with van der Waals surface area (Å²) in [5.74, 6) is 0. The number of anilines is 2. The number of hydrogen-bond donors (Lipinski definition) is 0. The zero-order valence-electron chi connectivity index (χ0n) is 34.9. The number of para-hydroxylation sites is 1. The van der Waals surface area contributed by atoms with E-state index < -0.39 is 5.41 Å². The van der Waals surface area contributed by atoms with Crippen molar-refractivity contribution < 1.29 is 0 Å². The second kappa shape index (κ2) is 15.2. The summed E-state index contributed by atoms with van der Waals surface area (Å²) in [4.78, 5) is 2.54. The first-order valence-corrected chi connectivity index (χ1v) is 22.0. The maximum absolute atomic E-state index is 2.54. The molecule has 2 heteroatoms. The summed E-state index contributed by atoms with van der Waals surface area (Å²) >= 11 is 0. The van der Waals surface area contributed by atoms with E-state index >= 15 is 0 Å². The van der Waals surface area contributed by atoms with Crippen molar-refractivity contribution in [3.63, 3.8) is 0 Å². The third kappa shape index (κ3) is 6.02. The van der Waals surface area contributed by atoms with Crippen LogP contribution in [-0.4, -0.2) is 10.6 Å². The van der Waals surface area contributed by atoms with Crippen LogP contribution in [0.25, 0.3) is 55.3 Å². The van der Waals surface area contributed by atoms with Gasteiger partial charge in [-0.3, -0.25) is 0 Å². The second-order valence-corrected chi connectivity index (χ2v) is 16.8. The van der Waals surface area contributed by atoms with Gasteiger partial charge < -0.3 is 9.47 Å². The van der Waals surface area contributed by atoms with Crippen molar-refractivity contribution in [2.24, 2.45) is 0 Å². The number of benzene rings is 9. The molecule has 9 aromatic carbocycles. The minimum atomic E-state index is -0.496. The molecule has 0 spiro atoms. The summed E-state index contributed by atoms with van der Waals surface area (Å²) < 4.78 is 2.44. The van der Waals surface area contributed by atoms with Crippen molar-refractivity contribution in [2.45, 2.75) is 17.9 Å². The predicted octanol–water partition coefficient (Wildman–Crippen LogP) is 15.4. The molecule has 2 aliphatic rings. The molecule has 0 aliphatic heterocycles. The van der Waals surface area contributed by atoms with Gasteiger partial charge in [-0.25, -0.2) is 0 Å². The largest absolute Gasteiger partial charge is 0.334 e. The van der Waals surface area contributed by atoms with E-state index in [-0.39, 0.29) is 6.04 Å². The molecule has 1 aromatic heterocycles. The SMILES string of the molecule is C1=CC(N(c2ccc(-c3ccccc3)cc2)c2ccc3c(c2)c2cc(C4(c5ccccc5)c5ccccc5-c5ccccc54)ccc2n3-c2ccccc2)CC=C1c1ccccc1. The van der Waals surface area contributed by atoms with Gasteiger partial charge in [-0.05, 0) is 117 Å². The van der Waals surface area contributed by atoms with Crippen LogP contribution in [0.1, 0.15) is 34.2 Å². The predicted molar refractivity (Wildman–Crippen MR) is 264 cm³/mol. The summed E-state index contributed by atoms with van der Waals surface area (Å²) in [5.41, 5.74) is 18.1. The zero-order valence-corrected chi connectivity index (χ0v) is 34.9. The smallest absolute Gasteiger partial charge is 0.0713 e. The topological polar surface area (TPSA) is 8.17 Å². The maximum Gasteiger partial charge on any atom is 0.0713 e. The highest BCUT2D eigenvalue weighted by Gasteiger charge is 2.46. The number of nitrogens with zero attached hydrogens (tertiary/aromatic N) is 2. The highest BCUT2D eigenvalue weighted by molar-refractivity contribution is 6.11. The Balaban J connectivity index is 1.08. The molecule has 1 heterocycles. The van der Waals surface area contributed by atoms with Crippen LogP contribution in [0.3, 0.4) is 0 Å². The monoisotopic (exact) mass is 804 g/mol. The summed E-state index contributed by atoms with van der Waals surface area (Å²) in [6.45, 7) is 0. The van der Waals surface area contributed by atoms with E-state index in [1.54, 1.807) is 0 Å². The van der Waals surface area contributed by atoms with Crippen molar-refractivity contribution in [3.8, 4) is 27.9 Å². The number of aromatic nitrogens is 1. The van der Waals surface area contributed by atoms with Gasteiger partial charge in [0.15, 0.2) is 0 Å². The summed E-state index contributed by atoms with van der Waals surface area (Å²) in [6, 6.07) is 85.0. The lowest BCUT2D eigenvalue weighted by Crippen LogP contribution is -2.30. The van der Waals surface area contributed by atoms with Crippen molar-refractivity contribution in [1.29, 1.82) is 0 Å². The lowest BCUT2D eigenvalue weighted by molar-refractivity contribution is 0.770. The first-order valence-electron chi connectivity index (χ1n) is 22.0. The summed E-state index contributed by atoms with van der Waals surface area (Å²) in [7, 11) is 0. The van der Waals surface area contributed by atoms with E-state index in [0.29, 0.717) is 0 Å². The minimum Gasteiger partial charge on any atom is -0.334 e. The molecule has 2 aliphatic carbocycles. The van der Waals surface area contributed by atoms with Crippen molar-refractivity contribution in [3.05, 3.63) is 277 Å². The molecule has 2 nitrogen and oxygen atoms in total. The Bertz CT molecular complexity index is 3300. The van der Waals surface area contributed by atoms with Crippen molar-refractivity contribution in [1.82, 2.24) is 4.57 Å². The van der Waals surface area contributed by atoms with Crippen molar-refractivity contribution in [2.75, 3.05) is 4.90 Å². The maximum atomic E-state index is 2.54. The Labute approximate surface area is 369 Å². The molecule has 0 saturated carbocycles. The molecule has 0 saturated heterocycles. The van der Waals surface area contributed by atoms with Gasteiger partial charge in [0.25, 0.3) is 0 Å². The Morgan fingerprint density at radius 2 is 0.952 bits per heavy atom. The molecule has 298 valence electrons. The fourth-order valence-electron chi connectivity index (χ4n) is 10.6. The first-order chi connectivity index (χ1) is 31.3. The van der Waals surface area contributed by atoms with Gasteiger partial charge >= 0.3 is 0 Å². The van der Waals surface area contributed by atoms with E-state index in [2.05, 4.69) is 258 Å². The van der Waals surface area contributed by atoms with Crippen LogP contribution in [0.15, 0.2) is 249 Å². The number of hydrogen-bond acceptors (Lipinski definition) is 1. The molecule has 0 N–H and O–H groups in total. The molecule has 0 fully saturated rings. The van der Waals surface area contributed by atoms with Gasteiger partial charge in [0.2, 0.25) is 0 Å². The lowest BCUT2D eigenvalue weighted by atomic mass is 9.67. The molecule has 10 aromatic rings. The Hall–Kier alpha value is -7.94. The number of allylic oxidation sites excluding steroid dienone is 2. The highest BCUT2D eigenvalue weighted by atomic mass is 15.2. The minimum absolute atomic E-state index is 0.114. The van der Waals surface area contributed by atoms with Gasteiger partial charge in [-0.15, -0.1) is 0 Å². The van der Waals surface area contributed by atoms with Crippen LogP contribution in [0.5, 0.6) is 0 Å². The normalized spacial score (nSPS) is 14.9. The van der Waals surface area contributed by atoms with Crippen LogP contribution in [0.4, 0.5) is 11.4 Å². The molecule has 0 radical (unpaired) electrons. The van der Waals surface area contributed by atoms with Gasteiger partial charge in [-0.2, -0.15) is 0 Å². The highest BCUT2D eigenvalue weighted by Crippen LogP contribution is 2.56. The average Bonchev–Trinajstić information content (AvgIpc) is 3.86. The van der Waals surface area contributed by atoms with Crippen LogP contribution in [-0.2, 0) is 5.41 Å². The molecular weight excluding hydrogens is 761 g/mol. The Morgan fingerprint density at radius 1 is 0.429 bits per heavy atom. The Morgan fingerprint density at radius 3 is 1.59 bits per heavy atom. The molecule has 1 atom stereocenters. The standard InChI is InChI=1S/C61H44N2/c1-5-17-43(18-6-1)45-29-34-50(35-30-45)62(51-36-31-46(32-37-51)44-19-7-2-8-20-44)52-38-40-60-56(42-52)55-41-48(33-39-59(55)63(60)49-23-11-4-12-24-49)61(47-21-9-3-10-22-47)57-27-15-13-25-53(57)54-26-14-16-28-58(54)61/h1-36,38-42,51H,37H2. The number of rotatable bonds is 8. The van der Waals surface area contributed by atoms with Gasteiger partial charge in [0.05, 0.1) is 22.5 Å². The quantitative estimate of drug-likeness (QED) is 0.149. The average molecular weight is 805 g/mol. The van der Waals surface area contributed by atoms with Crippen LogP contribution in [0.2, 0.25) is 0 Å². The van der Waals surface area contributed by atoms with Crippen LogP contribution in [0, 0.1) is 0 Å². The molecule has 1 unspecified atom stereocenters. The lowest BCUT2D eigenvalue weighted by Gasteiger charge is -2.34. The third-order valence-corrected chi connectivity index (χ3v) is 13.4. The van der Waals surface area contributed by atoms with Gasteiger partial charge in [-0.1, -0.05) is 194 Å². The molecule has 0 amide bonds. The molecule has 63 heavy (non-hydrogen) atoms. The van der Waals surface area contributed by atoms with E-state index in [4.69, 9.17) is 0 Å². The molecular formula is C61H44N2. The third-order valence-electron chi connectivity index (χ3n) is 13.4. The van der Waals surface area contributed by atoms with E-state index in [9.17, 15) is 0 Å². The second-order valence-electron chi connectivity index (χ2n) is 16.8.